The van der Waals surface area contributed by atoms with Crippen molar-refractivity contribution >= 4 is 0 Å². The van der Waals surface area contributed by atoms with E-state index in [1.165, 1.54) is 6.42 Å². The molecule has 1 fully saturated rings. The molecule has 0 bridgehead atoms. The highest BCUT2D eigenvalue weighted by molar-refractivity contribution is 5.04. The Labute approximate surface area is 114 Å². The molecule has 0 aromatic carbocycles. The molecule has 3 atom stereocenters. The number of fused-ring (bicyclic) bond motifs is 1. The van der Waals surface area contributed by atoms with Crippen molar-refractivity contribution in [1.29, 1.82) is 0 Å². The van der Waals surface area contributed by atoms with Crippen molar-refractivity contribution in [2.75, 3.05) is 6.61 Å². The van der Waals surface area contributed by atoms with E-state index in [-0.39, 0.29) is 6.04 Å². The van der Waals surface area contributed by atoms with Gasteiger partial charge in [-0.25, -0.2) is 0 Å². The molecule has 5 heteroatoms. The maximum atomic E-state index is 5.73. The van der Waals surface area contributed by atoms with Crippen LogP contribution < -0.4 is 5.32 Å². The second-order valence-electron chi connectivity index (χ2n) is 5.74. The Morgan fingerprint density at radius 1 is 1.47 bits per heavy atom. The normalized spacial score (nSPS) is 28.3. The molecule has 0 aliphatic carbocycles. The number of nitrogens with zero attached hydrogens (tertiary/aromatic N) is 3. The Morgan fingerprint density at radius 3 is 3.21 bits per heavy atom. The second kappa shape index (κ2) is 5.59. The number of aromatic nitrogens is 3. The molecule has 0 amide bonds. The lowest BCUT2D eigenvalue weighted by molar-refractivity contribution is -0.00187. The quantitative estimate of drug-likeness (QED) is 0.901. The topological polar surface area (TPSA) is 52.0 Å². The number of nitrogens with one attached hydrogen (secondary N) is 1. The van der Waals surface area contributed by atoms with Crippen LogP contribution in [0.25, 0.3) is 0 Å². The van der Waals surface area contributed by atoms with Gasteiger partial charge < -0.3 is 14.6 Å². The molecule has 0 radical (unpaired) electrons. The van der Waals surface area contributed by atoms with E-state index in [2.05, 4.69) is 33.9 Å². The summed E-state index contributed by atoms with van der Waals surface area (Å²) >= 11 is 0. The molecule has 106 valence electrons. The molecule has 3 unspecified atom stereocenters. The predicted molar refractivity (Wildman–Crippen MR) is 72.9 cm³/mol. The molecule has 3 rings (SSSR count). The van der Waals surface area contributed by atoms with Gasteiger partial charge >= 0.3 is 0 Å². The Kier molecular flexibility index (Phi) is 3.84. The van der Waals surface area contributed by atoms with E-state index in [0.29, 0.717) is 12.1 Å². The highest BCUT2D eigenvalue weighted by atomic mass is 16.5. The van der Waals surface area contributed by atoms with E-state index in [9.17, 15) is 0 Å². The number of ether oxygens (including phenoxy) is 1. The van der Waals surface area contributed by atoms with Crippen LogP contribution in [-0.4, -0.2) is 33.5 Å². The first-order chi connectivity index (χ1) is 9.28. The third-order valence-electron chi connectivity index (χ3n) is 4.33. The monoisotopic (exact) mass is 264 g/mol. The average Bonchev–Trinajstić information content (AvgIpc) is 3.01. The molecular formula is C14H24N4O. The summed E-state index contributed by atoms with van der Waals surface area (Å²) in [4.78, 5) is 0. The van der Waals surface area contributed by atoms with Crippen molar-refractivity contribution in [3.05, 3.63) is 11.6 Å². The van der Waals surface area contributed by atoms with Gasteiger partial charge in [0.1, 0.15) is 11.6 Å². The molecule has 5 nitrogen and oxygen atoms in total. The summed E-state index contributed by atoms with van der Waals surface area (Å²) in [6, 6.07) is 0.822. The molecular weight excluding hydrogens is 240 g/mol. The summed E-state index contributed by atoms with van der Waals surface area (Å²) in [6.07, 6.45) is 6.02. The fourth-order valence-corrected chi connectivity index (χ4v) is 3.24. The molecule has 2 aliphatic rings. The van der Waals surface area contributed by atoms with Crippen molar-refractivity contribution in [1.82, 2.24) is 20.1 Å². The van der Waals surface area contributed by atoms with Crippen LogP contribution in [0.2, 0.25) is 0 Å². The van der Waals surface area contributed by atoms with E-state index in [4.69, 9.17) is 4.74 Å². The first-order valence-corrected chi connectivity index (χ1v) is 7.57. The zero-order chi connectivity index (χ0) is 13.2. The third kappa shape index (κ3) is 2.67. The predicted octanol–water partition coefficient (Wildman–Crippen LogP) is 1.83. The van der Waals surface area contributed by atoms with Crippen LogP contribution in [-0.2, 0) is 17.7 Å². The Balaban J connectivity index is 1.62. The van der Waals surface area contributed by atoms with Gasteiger partial charge in [-0.05, 0) is 32.6 Å². The lowest BCUT2D eigenvalue weighted by Crippen LogP contribution is -2.40. The van der Waals surface area contributed by atoms with Crippen LogP contribution in [0.1, 0.15) is 57.2 Å². The summed E-state index contributed by atoms with van der Waals surface area (Å²) < 4.78 is 8.02. The van der Waals surface area contributed by atoms with Crippen LogP contribution in [0.4, 0.5) is 0 Å². The van der Waals surface area contributed by atoms with Crippen LogP contribution in [0.3, 0.4) is 0 Å². The lowest BCUT2D eigenvalue weighted by Gasteiger charge is -2.31. The Bertz CT molecular complexity index is 431. The van der Waals surface area contributed by atoms with E-state index >= 15 is 0 Å². The standard InChI is InChI=1S/C14H24N4O/c1-3-12-9-11(6-8-19-12)15-10(2)14-17-16-13-5-4-7-18(13)14/h10-12,15H,3-9H2,1-2H3. The maximum Gasteiger partial charge on any atom is 0.149 e. The summed E-state index contributed by atoms with van der Waals surface area (Å²) in [5, 5.41) is 12.4. The fraction of sp³-hybridized carbons (Fsp3) is 0.857. The average molecular weight is 264 g/mol. The number of rotatable bonds is 4. The first-order valence-electron chi connectivity index (χ1n) is 7.57. The minimum Gasteiger partial charge on any atom is -0.378 e. The summed E-state index contributed by atoms with van der Waals surface area (Å²) in [6.45, 7) is 6.35. The zero-order valence-electron chi connectivity index (χ0n) is 11.9. The van der Waals surface area contributed by atoms with E-state index in [1.54, 1.807) is 0 Å². The van der Waals surface area contributed by atoms with Gasteiger partial charge in [0.2, 0.25) is 0 Å². The molecule has 1 saturated heterocycles. The van der Waals surface area contributed by atoms with Crippen LogP contribution >= 0.6 is 0 Å². The summed E-state index contributed by atoms with van der Waals surface area (Å²) in [5.41, 5.74) is 0. The highest BCUT2D eigenvalue weighted by Gasteiger charge is 2.26. The van der Waals surface area contributed by atoms with Gasteiger partial charge in [-0.2, -0.15) is 0 Å². The van der Waals surface area contributed by atoms with E-state index in [0.717, 1.165) is 50.5 Å². The molecule has 1 aromatic heterocycles. The van der Waals surface area contributed by atoms with Crippen molar-refractivity contribution in [3.8, 4) is 0 Å². The molecule has 2 aliphatic heterocycles. The van der Waals surface area contributed by atoms with Gasteiger partial charge in [0.25, 0.3) is 0 Å². The van der Waals surface area contributed by atoms with Crippen molar-refractivity contribution in [2.45, 2.75) is 70.7 Å². The molecule has 1 N–H and O–H groups in total. The van der Waals surface area contributed by atoms with Gasteiger partial charge in [0.15, 0.2) is 0 Å². The van der Waals surface area contributed by atoms with Gasteiger partial charge in [-0.1, -0.05) is 6.92 Å². The maximum absolute atomic E-state index is 5.73. The first kappa shape index (κ1) is 13.1. The van der Waals surface area contributed by atoms with Gasteiger partial charge in [0.05, 0.1) is 12.1 Å². The third-order valence-corrected chi connectivity index (χ3v) is 4.33. The number of hydrogen-bond donors (Lipinski definition) is 1. The SMILES string of the molecule is CCC1CC(NC(C)c2nnc3n2CCC3)CCO1. The molecule has 0 saturated carbocycles. The summed E-state index contributed by atoms with van der Waals surface area (Å²) in [5.74, 6) is 2.26. The molecule has 0 spiro atoms. The Morgan fingerprint density at radius 2 is 2.37 bits per heavy atom. The van der Waals surface area contributed by atoms with E-state index < -0.39 is 0 Å². The van der Waals surface area contributed by atoms with E-state index in [1.807, 2.05) is 0 Å². The number of aryl methyl sites for hydroxylation is 1. The minimum atomic E-state index is 0.278. The fourth-order valence-electron chi connectivity index (χ4n) is 3.24. The highest BCUT2D eigenvalue weighted by Crippen LogP contribution is 2.22. The lowest BCUT2D eigenvalue weighted by atomic mass is 10.0. The Hall–Kier alpha value is -0.940. The second-order valence-corrected chi connectivity index (χ2v) is 5.74. The van der Waals surface area contributed by atoms with Crippen molar-refractivity contribution in [2.24, 2.45) is 0 Å². The summed E-state index contributed by atoms with van der Waals surface area (Å²) in [7, 11) is 0. The van der Waals surface area contributed by atoms with Gasteiger partial charge in [-0.15, -0.1) is 10.2 Å². The zero-order valence-corrected chi connectivity index (χ0v) is 11.9. The van der Waals surface area contributed by atoms with Crippen molar-refractivity contribution < 1.29 is 4.74 Å². The largest absolute Gasteiger partial charge is 0.378 e. The smallest absolute Gasteiger partial charge is 0.149 e. The van der Waals surface area contributed by atoms with Gasteiger partial charge in [0, 0.05) is 25.6 Å². The minimum absolute atomic E-state index is 0.278. The molecule has 19 heavy (non-hydrogen) atoms. The van der Waals surface area contributed by atoms with Crippen LogP contribution in [0, 0.1) is 0 Å². The number of hydrogen-bond acceptors (Lipinski definition) is 4. The van der Waals surface area contributed by atoms with Crippen LogP contribution in [0.5, 0.6) is 0 Å². The van der Waals surface area contributed by atoms with Crippen LogP contribution in [0.15, 0.2) is 0 Å². The molecule has 3 heterocycles. The van der Waals surface area contributed by atoms with Gasteiger partial charge in [-0.3, -0.25) is 0 Å². The molecule has 1 aromatic rings. The van der Waals surface area contributed by atoms with Crippen molar-refractivity contribution in [3.63, 3.8) is 0 Å².